The second-order valence-corrected chi connectivity index (χ2v) is 3.98. The minimum Gasteiger partial charge on any atom is -0.408 e. The van der Waals surface area contributed by atoms with Crippen LogP contribution in [0.2, 0.25) is 0 Å². The number of nitrogens with zero attached hydrogens (tertiary/aromatic N) is 3. The van der Waals surface area contributed by atoms with Crippen molar-refractivity contribution in [1.29, 1.82) is 0 Å². The molecule has 0 aliphatic rings. The molecule has 1 unspecified atom stereocenters. The van der Waals surface area contributed by atoms with Crippen molar-refractivity contribution in [1.82, 2.24) is 15.1 Å². The van der Waals surface area contributed by atoms with Crippen LogP contribution in [0.3, 0.4) is 0 Å². The normalized spacial score (nSPS) is 12.7. The SMILES string of the molecule is COCC(O)CN(C)CC(=O)Nc1nnc(C)o1. The van der Waals surface area contributed by atoms with Gasteiger partial charge in [-0.2, -0.15) is 0 Å². The molecule has 1 rings (SSSR count). The molecule has 2 N–H and O–H groups in total. The third-order valence-corrected chi connectivity index (χ3v) is 2.07. The summed E-state index contributed by atoms with van der Waals surface area (Å²) in [5.41, 5.74) is 0. The van der Waals surface area contributed by atoms with Gasteiger partial charge < -0.3 is 14.3 Å². The zero-order chi connectivity index (χ0) is 13.5. The highest BCUT2D eigenvalue weighted by Gasteiger charge is 2.13. The van der Waals surface area contributed by atoms with Gasteiger partial charge in [0.15, 0.2) is 0 Å². The van der Waals surface area contributed by atoms with Gasteiger partial charge in [0.1, 0.15) is 0 Å². The molecule has 0 aromatic carbocycles. The third kappa shape index (κ3) is 5.21. The van der Waals surface area contributed by atoms with Gasteiger partial charge in [-0.1, -0.05) is 5.10 Å². The number of carbonyl (C=O) groups excluding carboxylic acids is 1. The molecule has 1 heterocycles. The molecule has 1 amide bonds. The molecule has 0 radical (unpaired) electrons. The molecule has 0 saturated heterocycles. The Morgan fingerprint density at radius 1 is 1.61 bits per heavy atom. The number of nitrogens with one attached hydrogen (secondary N) is 1. The number of aliphatic hydroxyl groups excluding tert-OH is 1. The van der Waals surface area contributed by atoms with Crippen LogP contribution in [0.1, 0.15) is 5.89 Å². The van der Waals surface area contributed by atoms with Crippen LogP contribution in [0.4, 0.5) is 6.01 Å². The molecular weight excluding hydrogens is 240 g/mol. The first kappa shape index (κ1) is 14.6. The van der Waals surface area contributed by atoms with E-state index in [4.69, 9.17) is 9.15 Å². The fraction of sp³-hybridized carbons (Fsp3) is 0.700. The Balaban J connectivity index is 2.31. The lowest BCUT2D eigenvalue weighted by atomic mass is 10.3. The van der Waals surface area contributed by atoms with E-state index < -0.39 is 6.10 Å². The maximum atomic E-state index is 11.6. The maximum absolute atomic E-state index is 11.6. The number of ether oxygens (including phenoxy) is 1. The smallest absolute Gasteiger partial charge is 0.322 e. The fourth-order valence-electron chi connectivity index (χ4n) is 1.42. The molecular formula is C10H18N4O4. The van der Waals surface area contributed by atoms with Crippen LogP contribution >= 0.6 is 0 Å². The summed E-state index contributed by atoms with van der Waals surface area (Å²) < 4.78 is 9.81. The molecule has 102 valence electrons. The van der Waals surface area contributed by atoms with Gasteiger partial charge in [0.2, 0.25) is 11.8 Å². The summed E-state index contributed by atoms with van der Waals surface area (Å²) in [7, 11) is 3.23. The van der Waals surface area contributed by atoms with E-state index in [0.717, 1.165) is 0 Å². The molecule has 1 atom stereocenters. The van der Waals surface area contributed by atoms with Gasteiger partial charge in [-0.15, -0.1) is 5.10 Å². The first-order valence-electron chi connectivity index (χ1n) is 5.46. The zero-order valence-electron chi connectivity index (χ0n) is 10.7. The minimum absolute atomic E-state index is 0.0725. The monoisotopic (exact) mass is 258 g/mol. The van der Waals surface area contributed by atoms with Crippen molar-refractivity contribution >= 4 is 11.9 Å². The van der Waals surface area contributed by atoms with E-state index in [0.29, 0.717) is 12.4 Å². The summed E-state index contributed by atoms with van der Waals surface area (Å²) in [5, 5.41) is 19.2. The zero-order valence-corrected chi connectivity index (χ0v) is 10.7. The number of rotatable bonds is 7. The van der Waals surface area contributed by atoms with Crippen molar-refractivity contribution in [3.05, 3.63) is 5.89 Å². The van der Waals surface area contributed by atoms with E-state index in [1.807, 2.05) is 0 Å². The van der Waals surface area contributed by atoms with Crippen LogP contribution < -0.4 is 5.32 Å². The van der Waals surface area contributed by atoms with Crippen molar-refractivity contribution in [2.45, 2.75) is 13.0 Å². The van der Waals surface area contributed by atoms with E-state index in [9.17, 15) is 9.90 Å². The Labute approximate surface area is 105 Å². The lowest BCUT2D eigenvalue weighted by Gasteiger charge is -2.18. The quantitative estimate of drug-likeness (QED) is 0.664. The Hall–Kier alpha value is -1.51. The number of methoxy groups -OCH3 is 1. The Morgan fingerprint density at radius 2 is 2.33 bits per heavy atom. The van der Waals surface area contributed by atoms with Crippen molar-refractivity contribution < 1.29 is 19.1 Å². The van der Waals surface area contributed by atoms with Crippen LogP contribution in [-0.2, 0) is 9.53 Å². The number of aromatic nitrogens is 2. The largest absolute Gasteiger partial charge is 0.408 e. The summed E-state index contributed by atoms with van der Waals surface area (Å²) in [4.78, 5) is 13.2. The molecule has 8 nitrogen and oxygen atoms in total. The topological polar surface area (TPSA) is 101 Å². The Bertz CT molecular complexity index is 382. The number of likely N-dealkylation sites (N-methyl/N-ethyl adjacent to an activating group) is 1. The van der Waals surface area contributed by atoms with E-state index in [-0.39, 0.29) is 25.1 Å². The molecule has 0 fully saturated rings. The summed E-state index contributed by atoms with van der Waals surface area (Å²) in [6.07, 6.45) is -0.626. The molecule has 1 aromatic rings. The van der Waals surface area contributed by atoms with Gasteiger partial charge in [-0.05, 0) is 7.05 Å². The van der Waals surface area contributed by atoms with Gasteiger partial charge in [-0.25, -0.2) is 0 Å². The first-order valence-corrected chi connectivity index (χ1v) is 5.46. The van der Waals surface area contributed by atoms with Crippen LogP contribution in [0.15, 0.2) is 4.42 Å². The summed E-state index contributed by atoms with van der Waals surface area (Å²) >= 11 is 0. The number of hydrogen-bond acceptors (Lipinski definition) is 7. The number of amides is 1. The molecule has 0 aliphatic carbocycles. The molecule has 18 heavy (non-hydrogen) atoms. The fourth-order valence-corrected chi connectivity index (χ4v) is 1.42. The van der Waals surface area contributed by atoms with Crippen molar-refractivity contribution in [3.8, 4) is 0 Å². The molecule has 0 saturated carbocycles. The van der Waals surface area contributed by atoms with Crippen LogP contribution in [0.5, 0.6) is 0 Å². The van der Waals surface area contributed by atoms with Crippen molar-refractivity contribution in [2.24, 2.45) is 0 Å². The predicted octanol–water partition coefficient (Wildman–Crippen LogP) is -0.744. The highest BCUT2D eigenvalue weighted by atomic mass is 16.5. The number of aliphatic hydroxyl groups is 1. The number of hydrogen-bond donors (Lipinski definition) is 2. The molecule has 0 aliphatic heterocycles. The molecule has 0 spiro atoms. The van der Waals surface area contributed by atoms with E-state index in [1.165, 1.54) is 7.11 Å². The highest BCUT2D eigenvalue weighted by molar-refractivity contribution is 5.90. The second-order valence-electron chi connectivity index (χ2n) is 3.98. The van der Waals surface area contributed by atoms with Gasteiger partial charge in [-0.3, -0.25) is 15.0 Å². The minimum atomic E-state index is -0.626. The summed E-state index contributed by atoms with van der Waals surface area (Å²) in [6, 6.07) is 0.0725. The number of aryl methyl sites for hydroxylation is 1. The van der Waals surface area contributed by atoms with Gasteiger partial charge >= 0.3 is 6.01 Å². The molecule has 8 heteroatoms. The molecule has 1 aromatic heterocycles. The summed E-state index contributed by atoms with van der Waals surface area (Å²) in [5.74, 6) is 0.0972. The van der Waals surface area contributed by atoms with Crippen molar-refractivity contribution in [2.75, 3.05) is 39.2 Å². The summed E-state index contributed by atoms with van der Waals surface area (Å²) in [6.45, 7) is 2.32. The Morgan fingerprint density at radius 3 is 2.89 bits per heavy atom. The van der Waals surface area contributed by atoms with Gasteiger partial charge in [0.05, 0.1) is 19.3 Å². The van der Waals surface area contributed by atoms with Crippen molar-refractivity contribution in [3.63, 3.8) is 0 Å². The number of anilines is 1. The standard InChI is InChI=1S/C10H18N4O4/c1-7-12-13-10(18-7)11-9(16)5-14(2)4-8(15)6-17-3/h8,15H,4-6H2,1-3H3,(H,11,13,16). The predicted molar refractivity (Wildman–Crippen MR) is 63.0 cm³/mol. The van der Waals surface area contributed by atoms with Gasteiger partial charge in [0, 0.05) is 20.6 Å². The van der Waals surface area contributed by atoms with Crippen LogP contribution in [0, 0.1) is 6.92 Å². The average molecular weight is 258 g/mol. The Kier molecular flexibility index (Phi) is 5.69. The lowest BCUT2D eigenvalue weighted by molar-refractivity contribution is -0.117. The molecule has 0 bridgehead atoms. The van der Waals surface area contributed by atoms with Crippen LogP contribution in [0.25, 0.3) is 0 Å². The van der Waals surface area contributed by atoms with Crippen LogP contribution in [-0.4, -0.2) is 66.1 Å². The van der Waals surface area contributed by atoms with Gasteiger partial charge in [0.25, 0.3) is 0 Å². The second kappa shape index (κ2) is 7.04. The van der Waals surface area contributed by atoms with E-state index in [1.54, 1.807) is 18.9 Å². The number of carbonyl (C=O) groups is 1. The lowest BCUT2D eigenvalue weighted by Crippen LogP contribution is -2.37. The van der Waals surface area contributed by atoms with E-state index >= 15 is 0 Å². The van der Waals surface area contributed by atoms with E-state index in [2.05, 4.69) is 15.5 Å². The highest BCUT2D eigenvalue weighted by Crippen LogP contribution is 2.03. The average Bonchev–Trinajstić information content (AvgIpc) is 2.63. The third-order valence-electron chi connectivity index (χ3n) is 2.07. The maximum Gasteiger partial charge on any atom is 0.322 e. The first-order chi connectivity index (χ1) is 8.51.